The third-order valence-electron chi connectivity index (χ3n) is 5.91. The number of hydrogen-bond acceptors (Lipinski definition) is 7. The first-order valence-corrected chi connectivity index (χ1v) is 11.3. The Hall–Kier alpha value is -3.95. The van der Waals surface area contributed by atoms with Crippen LogP contribution in [0.5, 0.6) is 0 Å². The van der Waals surface area contributed by atoms with E-state index in [0.29, 0.717) is 23.4 Å². The molecule has 0 saturated heterocycles. The van der Waals surface area contributed by atoms with E-state index in [1.54, 1.807) is 18.5 Å². The summed E-state index contributed by atoms with van der Waals surface area (Å²) in [6, 6.07) is 2.90. The van der Waals surface area contributed by atoms with Crippen LogP contribution in [0.4, 0.5) is 16.0 Å². The highest BCUT2D eigenvalue weighted by Crippen LogP contribution is 2.38. The zero-order chi connectivity index (χ0) is 25.4. The van der Waals surface area contributed by atoms with E-state index in [9.17, 15) is 9.18 Å². The fourth-order valence-corrected chi connectivity index (χ4v) is 4.01. The number of nitrogen functional groups attached to an aromatic ring is 1. The molecule has 0 saturated carbocycles. The molecule has 0 atom stereocenters. The summed E-state index contributed by atoms with van der Waals surface area (Å²) < 4.78 is 15.3. The van der Waals surface area contributed by atoms with Crippen molar-refractivity contribution in [1.29, 1.82) is 0 Å². The summed E-state index contributed by atoms with van der Waals surface area (Å²) in [5, 5.41) is 2.65. The largest absolute Gasteiger partial charge is 0.383 e. The van der Waals surface area contributed by atoms with Gasteiger partial charge in [0.05, 0.1) is 17.6 Å². The normalized spacial score (nSPS) is 12.2. The number of rotatable bonds is 7. The average molecular weight is 477 g/mol. The van der Waals surface area contributed by atoms with Gasteiger partial charge < -0.3 is 15.5 Å². The Kier molecular flexibility index (Phi) is 6.23. The van der Waals surface area contributed by atoms with Gasteiger partial charge in [0.15, 0.2) is 11.5 Å². The van der Waals surface area contributed by atoms with Gasteiger partial charge in [-0.15, -0.1) is 0 Å². The number of amides is 1. The molecule has 4 aromatic rings. The fraction of sp³-hybridized carbons (Fsp3) is 0.360. The summed E-state index contributed by atoms with van der Waals surface area (Å²) in [5.74, 6) is 0.228. The molecule has 35 heavy (non-hydrogen) atoms. The molecule has 9 nitrogen and oxygen atoms in total. The Labute approximate surface area is 203 Å². The highest BCUT2D eigenvalue weighted by atomic mass is 19.1. The van der Waals surface area contributed by atoms with Crippen LogP contribution >= 0.6 is 0 Å². The van der Waals surface area contributed by atoms with Gasteiger partial charge in [-0.25, -0.2) is 24.3 Å². The number of aromatic nitrogens is 6. The maximum atomic E-state index is 13.5. The van der Waals surface area contributed by atoms with Crippen LogP contribution in [0.25, 0.3) is 17.2 Å². The van der Waals surface area contributed by atoms with E-state index in [1.165, 1.54) is 6.07 Å². The average Bonchev–Trinajstić information content (AvgIpc) is 3.26. The standard InChI is InChI=1S/C25H29FN8O/c1-24(2,3)9-8-16-23-28-10-11-34(23)13-17(31-16)21-32-20(27)19(22(33-21)30-14-35)25(4,5)18-7-6-15(26)12-29-18/h6-7,10-14H,8-9H2,1-5H3,(H3,27,30,32,33,35). The minimum absolute atomic E-state index is 0.130. The Morgan fingerprint density at radius 2 is 1.89 bits per heavy atom. The molecule has 0 aliphatic rings. The molecule has 0 fully saturated rings. The zero-order valence-corrected chi connectivity index (χ0v) is 20.5. The molecule has 182 valence electrons. The van der Waals surface area contributed by atoms with Crippen LogP contribution < -0.4 is 11.1 Å². The van der Waals surface area contributed by atoms with Gasteiger partial charge in [-0.2, -0.15) is 0 Å². The molecule has 4 aromatic heterocycles. The summed E-state index contributed by atoms with van der Waals surface area (Å²) in [6.07, 6.45) is 8.67. The molecule has 3 N–H and O–H groups in total. The van der Waals surface area contributed by atoms with Crippen molar-refractivity contribution in [3.63, 3.8) is 0 Å². The second kappa shape index (κ2) is 9.01. The molecule has 0 aromatic carbocycles. The summed E-state index contributed by atoms with van der Waals surface area (Å²) in [4.78, 5) is 34.1. The van der Waals surface area contributed by atoms with Crippen LogP contribution in [0.2, 0.25) is 0 Å². The lowest BCUT2D eigenvalue weighted by Crippen LogP contribution is -2.25. The van der Waals surface area contributed by atoms with E-state index in [1.807, 2.05) is 24.4 Å². The third-order valence-corrected chi connectivity index (χ3v) is 5.91. The smallest absolute Gasteiger partial charge is 0.212 e. The first-order chi connectivity index (χ1) is 16.5. The van der Waals surface area contributed by atoms with E-state index in [2.05, 4.69) is 46.0 Å². The molecule has 0 aliphatic carbocycles. The molecule has 4 rings (SSSR count). The number of pyridine rings is 1. The topological polar surface area (TPSA) is 124 Å². The summed E-state index contributed by atoms with van der Waals surface area (Å²) in [7, 11) is 0. The predicted octanol–water partition coefficient (Wildman–Crippen LogP) is 4.18. The first kappa shape index (κ1) is 24.2. The van der Waals surface area contributed by atoms with Gasteiger partial charge in [-0.05, 0) is 44.2 Å². The van der Waals surface area contributed by atoms with Crippen LogP contribution in [0.15, 0.2) is 36.9 Å². The van der Waals surface area contributed by atoms with Crippen molar-refractivity contribution in [3.8, 4) is 11.5 Å². The van der Waals surface area contributed by atoms with Crippen LogP contribution in [-0.4, -0.2) is 35.7 Å². The first-order valence-electron chi connectivity index (χ1n) is 11.3. The molecular weight excluding hydrogens is 447 g/mol. The Morgan fingerprint density at radius 1 is 1.11 bits per heavy atom. The molecule has 1 amide bonds. The lowest BCUT2D eigenvalue weighted by atomic mass is 9.81. The summed E-state index contributed by atoms with van der Waals surface area (Å²) in [5.41, 5.74) is 8.88. The number of carbonyl (C=O) groups is 1. The van der Waals surface area contributed by atoms with E-state index in [0.717, 1.165) is 30.4 Å². The lowest BCUT2D eigenvalue weighted by molar-refractivity contribution is -0.105. The molecule has 0 radical (unpaired) electrons. The van der Waals surface area contributed by atoms with Crippen molar-refractivity contribution in [2.24, 2.45) is 5.41 Å². The molecule has 0 bridgehead atoms. The van der Waals surface area contributed by atoms with E-state index in [4.69, 9.17) is 10.7 Å². The Morgan fingerprint density at radius 3 is 2.54 bits per heavy atom. The molecular formula is C25H29FN8O. The van der Waals surface area contributed by atoms with Crippen LogP contribution in [-0.2, 0) is 16.6 Å². The van der Waals surface area contributed by atoms with Gasteiger partial charge in [0, 0.05) is 29.6 Å². The molecule has 4 heterocycles. The van der Waals surface area contributed by atoms with Crippen molar-refractivity contribution in [3.05, 3.63) is 59.7 Å². The van der Waals surface area contributed by atoms with Gasteiger partial charge in [0.25, 0.3) is 0 Å². The predicted molar refractivity (Wildman–Crippen MR) is 132 cm³/mol. The number of carbonyl (C=O) groups excluding carboxylic acids is 1. The van der Waals surface area contributed by atoms with Gasteiger partial charge in [0.1, 0.15) is 23.1 Å². The maximum Gasteiger partial charge on any atom is 0.212 e. The van der Waals surface area contributed by atoms with Crippen molar-refractivity contribution in [2.45, 2.75) is 52.9 Å². The Bertz CT molecular complexity index is 1370. The highest BCUT2D eigenvalue weighted by Gasteiger charge is 2.32. The zero-order valence-electron chi connectivity index (χ0n) is 20.5. The van der Waals surface area contributed by atoms with Gasteiger partial charge in [-0.3, -0.25) is 9.78 Å². The second-order valence-electron chi connectivity index (χ2n) is 10.2. The monoisotopic (exact) mass is 476 g/mol. The minimum Gasteiger partial charge on any atom is -0.383 e. The quantitative estimate of drug-likeness (QED) is 0.384. The van der Waals surface area contributed by atoms with E-state index in [-0.39, 0.29) is 22.9 Å². The second-order valence-corrected chi connectivity index (χ2v) is 10.2. The van der Waals surface area contributed by atoms with Gasteiger partial charge in [-0.1, -0.05) is 20.8 Å². The van der Waals surface area contributed by atoms with Crippen LogP contribution in [0, 0.1) is 11.2 Å². The maximum absolute atomic E-state index is 13.5. The molecule has 10 heteroatoms. The van der Waals surface area contributed by atoms with Crippen LogP contribution in [0.3, 0.4) is 0 Å². The minimum atomic E-state index is -0.818. The number of nitrogens with two attached hydrogens (primary N) is 1. The van der Waals surface area contributed by atoms with Crippen molar-refractivity contribution in [1.82, 2.24) is 29.3 Å². The van der Waals surface area contributed by atoms with Crippen molar-refractivity contribution in [2.75, 3.05) is 11.1 Å². The van der Waals surface area contributed by atoms with Gasteiger partial charge in [0.2, 0.25) is 6.41 Å². The number of halogens is 1. The number of anilines is 2. The lowest BCUT2D eigenvalue weighted by Gasteiger charge is -2.27. The number of nitrogens with zero attached hydrogens (tertiary/aromatic N) is 6. The number of aryl methyl sites for hydroxylation is 1. The molecule has 0 spiro atoms. The molecule has 0 aliphatic heterocycles. The van der Waals surface area contributed by atoms with Crippen molar-refractivity contribution >= 4 is 23.7 Å². The third kappa shape index (κ3) is 4.96. The number of hydrogen-bond donors (Lipinski definition) is 2. The number of fused-ring (bicyclic) bond motifs is 1. The van der Waals surface area contributed by atoms with E-state index >= 15 is 0 Å². The van der Waals surface area contributed by atoms with Crippen molar-refractivity contribution < 1.29 is 9.18 Å². The Balaban J connectivity index is 1.83. The summed E-state index contributed by atoms with van der Waals surface area (Å²) in [6.45, 7) is 10.3. The highest BCUT2D eigenvalue weighted by molar-refractivity contribution is 5.76. The summed E-state index contributed by atoms with van der Waals surface area (Å²) >= 11 is 0. The number of nitrogens with one attached hydrogen (secondary N) is 1. The van der Waals surface area contributed by atoms with Crippen LogP contribution in [0.1, 0.15) is 58.0 Å². The number of imidazole rings is 1. The SMILES string of the molecule is CC(C)(C)CCc1nc(-c2nc(N)c(C(C)(C)c3ccc(F)cn3)c(NC=O)n2)cn2ccnc12. The van der Waals surface area contributed by atoms with E-state index < -0.39 is 11.2 Å². The van der Waals surface area contributed by atoms with Gasteiger partial charge >= 0.3 is 0 Å². The molecule has 0 unspecified atom stereocenters. The fourth-order valence-electron chi connectivity index (χ4n) is 4.01.